The predicted octanol–water partition coefficient (Wildman–Crippen LogP) is 11.1. The molecule has 0 atom stereocenters. The minimum Gasteiger partial charge on any atom is -0.194 e. The molecular formula is C27H16Br2F6S2. The van der Waals surface area contributed by atoms with Crippen molar-refractivity contribution in [2.75, 3.05) is 0 Å². The van der Waals surface area contributed by atoms with Crippen molar-refractivity contribution in [1.82, 2.24) is 0 Å². The SMILES string of the molecule is Cc1sc(-c2ccc(Br)cc2)cc1C1=C(c2cc(-c3ccc(Br)cc3)sc2C)C(F)(F)C(F)(F)C1(F)F. The second kappa shape index (κ2) is 9.10. The summed E-state index contributed by atoms with van der Waals surface area (Å²) in [5.74, 6) is -15.8. The van der Waals surface area contributed by atoms with Crippen molar-refractivity contribution in [3.8, 4) is 20.9 Å². The Hall–Kier alpha value is -1.88. The van der Waals surface area contributed by atoms with Gasteiger partial charge in [-0.15, -0.1) is 22.7 Å². The van der Waals surface area contributed by atoms with E-state index >= 15 is 17.6 Å². The number of benzene rings is 2. The molecule has 2 aromatic carbocycles. The standard InChI is InChI=1S/C27H16Br2F6S2/c1-13-19(11-21(36-13)15-3-7-17(28)8-4-15)23-24(26(32,33)27(34,35)25(23,30)31)20-12-22(37-14(20)2)16-5-9-18(29)10-6-16/h3-12H,1-2H3. The maximum absolute atomic E-state index is 15.4. The van der Waals surface area contributed by atoms with Crippen LogP contribution in [0, 0.1) is 13.8 Å². The molecule has 2 aromatic heterocycles. The molecule has 0 N–H and O–H groups in total. The van der Waals surface area contributed by atoms with Crippen LogP contribution in [0.4, 0.5) is 26.3 Å². The van der Waals surface area contributed by atoms with E-state index in [0.717, 1.165) is 31.6 Å². The van der Waals surface area contributed by atoms with Crippen molar-refractivity contribution >= 4 is 65.7 Å². The molecule has 5 rings (SSSR count). The average Bonchev–Trinajstić information content (AvgIpc) is 3.42. The minimum atomic E-state index is -5.59. The Morgan fingerprint density at radius 1 is 0.568 bits per heavy atom. The van der Waals surface area contributed by atoms with E-state index in [1.165, 1.54) is 26.0 Å². The van der Waals surface area contributed by atoms with Crippen molar-refractivity contribution < 1.29 is 26.3 Å². The topological polar surface area (TPSA) is 0 Å². The van der Waals surface area contributed by atoms with Crippen molar-refractivity contribution in [3.05, 3.63) is 90.5 Å². The molecule has 1 aliphatic rings. The van der Waals surface area contributed by atoms with Gasteiger partial charge in [0.05, 0.1) is 0 Å². The Morgan fingerprint density at radius 2 is 0.892 bits per heavy atom. The van der Waals surface area contributed by atoms with Gasteiger partial charge in [0.25, 0.3) is 0 Å². The highest BCUT2D eigenvalue weighted by Crippen LogP contribution is 2.66. The molecule has 0 spiro atoms. The Labute approximate surface area is 233 Å². The summed E-state index contributed by atoms with van der Waals surface area (Å²) in [6.07, 6.45) is 0. The lowest BCUT2D eigenvalue weighted by atomic mass is 9.94. The zero-order valence-electron chi connectivity index (χ0n) is 19.1. The molecular weight excluding hydrogens is 662 g/mol. The highest BCUT2D eigenvalue weighted by Gasteiger charge is 2.80. The van der Waals surface area contributed by atoms with Crippen molar-refractivity contribution in [3.63, 3.8) is 0 Å². The Bertz CT molecular complexity index is 1420. The third-order valence-corrected chi connectivity index (χ3v) is 9.55. The summed E-state index contributed by atoms with van der Waals surface area (Å²) >= 11 is 8.83. The molecule has 0 unspecified atom stereocenters. The van der Waals surface area contributed by atoms with E-state index in [-0.39, 0.29) is 20.9 Å². The first-order valence-electron chi connectivity index (χ1n) is 10.9. The van der Waals surface area contributed by atoms with E-state index in [9.17, 15) is 8.78 Å². The van der Waals surface area contributed by atoms with Crippen molar-refractivity contribution in [2.24, 2.45) is 0 Å². The molecule has 0 saturated heterocycles. The number of alkyl halides is 6. The van der Waals surface area contributed by atoms with Gasteiger partial charge in [-0.2, -0.15) is 26.3 Å². The van der Waals surface area contributed by atoms with Gasteiger partial charge >= 0.3 is 17.8 Å². The molecule has 192 valence electrons. The second-order valence-corrected chi connectivity index (χ2v) is 13.0. The monoisotopic (exact) mass is 676 g/mol. The average molecular weight is 678 g/mol. The van der Waals surface area contributed by atoms with Gasteiger partial charge in [-0.25, -0.2) is 0 Å². The molecule has 0 bridgehead atoms. The first-order valence-corrected chi connectivity index (χ1v) is 14.1. The minimum absolute atomic E-state index is 0.250. The highest BCUT2D eigenvalue weighted by atomic mass is 79.9. The number of thiophene rings is 2. The molecule has 0 radical (unpaired) electrons. The van der Waals surface area contributed by atoms with Crippen LogP contribution in [0.3, 0.4) is 0 Å². The Kier molecular flexibility index (Phi) is 6.57. The second-order valence-electron chi connectivity index (χ2n) is 8.65. The van der Waals surface area contributed by atoms with Gasteiger partial charge in [-0.05, 0) is 72.5 Å². The van der Waals surface area contributed by atoms with Gasteiger partial charge in [0.1, 0.15) is 0 Å². The summed E-state index contributed by atoms with van der Waals surface area (Å²) in [5.41, 5.74) is -1.90. The molecule has 0 amide bonds. The maximum Gasteiger partial charge on any atom is 0.380 e. The number of rotatable bonds is 4. The predicted molar refractivity (Wildman–Crippen MR) is 146 cm³/mol. The fourth-order valence-electron chi connectivity index (χ4n) is 4.41. The van der Waals surface area contributed by atoms with Crippen LogP contribution in [0.2, 0.25) is 0 Å². The largest absolute Gasteiger partial charge is 0.380 e. The molecule has 0 nitrogen and oxygen atoms in total. The third-order valence-electron chi connectivity index (χ3n) is 6.30. The van der Waals surface area contributed by atoms with E-state index in [1.54, 1.807) is 48.5 Å². The lowest BCUT2D eigenvalue weighted by Gasteiger charge is -2.25. The lowest BCUT2D eigenvalue weighted by molar-refractivity contribution is -0.254. The van der Waals surface area contributed by atoms with E-state index in [1.807, 2.05) is 0 Å². The van der Waals surface area contributed by atoms with Crippen LogP contribution in [-0.2, 0) is 0 Å². The summed E-state index contributed by atoms with van der Waals surface area (Å²) in [4.78, 5) is 1.52. The maximum atomic E-state index is 15.4. The van der Waals surface area contributed by atoms with Gasteiger partial charge in [0.15, 0.2) is 0 Å². The van der Waals surface area contributed by atoms with Crippen LogP contribution in [0.15, 0.2) is 69.6 Å². The number of halogens is 8. The number of aryl methyl sites for hydroxylation is 2. The smallest absolute Gasteiger partial charge is 0.194 e. The van der Waals surface area contributed by atoms with Gasteiger partial charge in [0, 0.05) is 39.6 Å². The fourth-order valence-corrected chi connectivity index (χ4v) is 7.00. The Balaban J connectivity index is 1.76. The van der Waals surface area contributed by atoms with Gasteiger partial charge in [0.2, 0.25) is 0 Å². The summed E-state index contributed by atoms with van der Waals surface area (Å²) < 4.78 is 92.7. The van der Waals surface area contributed by atoms with E-state index in [2.05, 4.69) is 31.9 Å². The van der Waals surface area contributed by atoms with E-state index in [0.29, 0.717) is 20.9 Å². The fraction of sp³-hybridized carbons (Fsp3) is 0.185. The highest BCUT2D eigenvalue weighted by molar-refractivity contribution is 9.10. The molecule has 2 heterocycles. The van der Waals surface area contributed by atoms with Gasteiger partial charge < -0.3 is 0 Å². The molecule has 0 saturated carbocycles. The van der Waals surface area contributed by atoms with Gasteiger partial charge in [-0.3, -0.25) is 0 Å². The molecule has 0 fully saturated rings. The van der Waals surface area contributed by atoms with E-state index in [4.69, 9.17) is 0 Å². The number of allylic oxidation sites excluding steroid dienone is 2. The number of hydrogen-bond donors (Lipinski definition) is 0. The first-order chi connectivity index (χ1) is 17.3. The lowest BCUT2D eigenvalue weighted by Crippen LogP contribution is -2.48. The van der Waals surface area contributed by atoms with Crippen molar-refractivity contribution in [2.45, 2.75) is 31.6 Å². The number of hydrogen-bond acceptors (Lipinski definition) is 2. The van der Waals surface area contributed by atoms with Crippen LogP contribution < -0.4 is 0 Å². The zero-order valence-corrected chi connectivity index (χ0v) is 23.9. The molecule has 10 heteroatoms. The molecule has 0 aliphatic heterocycles. The van der Waals surface area contributed by atoms with E-state index < -0.39 is 28.9 Å². The summed E-state index contributed by atoms with van der Waals surface area (Å²) in [6, 6.07) is 16.5. The quantitative estimate of drug-likeness (QED) is 0.189. The normalized spacial score (nSPS) is 18.0. The Morgan fingerprint density at radius 3 is 1.22 bits per heavy atom. The van der Waals surface area contributed by atoms with Gasteiger partial charge in [-0.1, -0.05) is 56.1 Å². The summed E-state index contributed by atoms with van der Waals surface area (Å²) in [6.45, 7) is 2.96. The van der Waals surface area contributed by atoms with Crippen LogP contribution in [-0.4, -0.2) is 17.8 Å². The van der Waals surface area contributed by atoms with Crippen LogP contribution in [0.25, 0.3) is 32.0 Å². The zero-order chi connectivity index (χ0) is 26.9. The van der Waals surface area contributed by atoms with Crippen LogP contribution >= 0.6 is 54.5 Å². The van der Waals surface area contributed by atoms with Crippen LogP contribution in [0.5, 0.6) is 0 Å². The molecule has 4 aromatic rings. The summed E-state index contributed by atoms with van der Waals surface area (Å²) in [5, 5.41) is 0. The third kappa shape index (κ3) is 4.15. The first kappa shape index (κ1) is 26.7. The van der Waals surface area contributed by atoms with Crippen LogP contribution in [0.1, 0.15) is 20.9 Å². The molecule has 1 aliphatic carbocycles. The van der Waals surface area contributed by atoms with Crippen molar-refractivity contribution in [1.29, 1.82) is 0 Å². The summed E-state index contributed by atoms with van der Waals surface area (Å²) in [7, 11) is 0. The molecule has 37 heavy (non-hydrogen) atoms.